The minimum Gasteiger partial charge on any atom is -0.457 e. The van der Waals surface area contributed by atoms with E-state index in [0.29, 0.717) is 0 Å². The number of aromatic nitrogens is 6. The smallest absolute Gasteiger partial charge is 0.146 e. The SMILES string of the molecule is c1ccc(-c2ccc3c4ccc(Oc5ccc6c(c5)c5nccn5c5nc(-c7ccccc7)ccc65)cc4c4nccn4c3n2)cc1. The van der Waals surface area contributed by atoms with E-state index in [-0.39, 0.29) is 0 Å². The lowest BCUT2D eigenvalue weighted by Crippen LogP contribution is -1.96. The number of rotatable bonds is 4. The Balaban J connectivity index is 1.08. The zero-order valence-electron chi connectivity index (χ0n) is 24.9. The molecule has 0 spiro atoms. The highest BCUT2D eigenvalue weighted by atomic mass is 16.5. The second kappa shape index (κ2) is 9.95. The van der Waals surface area contributed by atoms with Gasteiger partial charge in [-0.15, -0.1) is 0 Å². The first-order valence-electron chi connectivity index (χ1n) is 15.5. The van der Waals surface area contributed by atoms with Crippen molar-refractivity contribution in [3.63, 3.8) is 0 Å². The summed E-state index contributed by atoms with van der Waals surface area (Å²) in [5.41, 5.74) is 7.42. The highest BCUT2D eigenvalue weighted by molar-refractivity contribution is 6.12. The van der Waals surface area contributed by atoms with Crippen molar-refractivity contribution in [2.45, 2.75) is 0 Å². The van der Waals surface area contributed by atoms with Crippen LogP contribution in [0.3, 0.4) is 0 Å². The summed E-state index contributed by atoms with van der Waals surface area (Å²) in [6.45, 7) is 0. The fourth-order valence-corrected chi connectivity index (χ4v) is 6.72. The normalized spacial score (nSPS) is 11.8. The van der Waals surface area contributed by atoms with E-state index in [9.17, 15) is 0 Å². The lowest BCUT2D eigenvalue weighted by Gasteiger charge is -2.13. The summed E-state index contributed by atoms with van der Waals surface area (Å²) in [5, 5.41) is 6.25. The Bertz CT molecular complexity index is 2630. The van der Waals surface area contributed by atoms with Gasteiger partial charge < -0.3 is 4.74 Å². The molecule has 220 valence electrons. The molecule has 0 saturated heterocycles. The van der Waals surface area contributed by atoms with E-state index < -0.39 is 0 Å². The van der Waals surface area contributed by atoms with Gasteiger partial charge in [-0.3, -0.25) is 8.80 Å². The minimum absolute atomic E-state index is 0.726. The Kier molecular flexibility index (Phi) is 5.44. The monoisotopic (exact) mass is 604 g/mol. The third-order valence-corrected chi connectivity index (χ3v) is 8.91. The zero-order chi connectivity index (χ0) is 30.9. The van der Waals surface area contributed by atoms with Crippen LogP contribution in [0.5, 0.6) is 11.5 Å². The van der Waals surface area contributed by atoms with Crippen molar-refractivity contribution in [1.29, 1.82) is 0 Å². The zero-order valence-corrected chi connectivity index (χ0v) is 24.9. The van der Waals surface area contributed by atoms with Gasteiger partial charge >= 0.3 is 0 Å². The third-order valence-electron chi connectivity index (χ3n) is 8.91. The molecule has 4 aromatic carbocycles. The van der Waals surface area contributed by atoms with Crippen molar-refractivity contribution in [2.24, 2.45) is 0 Å². The molecule has 10 aromatic rings. The fraction of sp³-hybridized carbons (Fsp3) is 0. The molecule has 0 aliphatic heterocycles. The van der Waals surface area contributed by atoms with Crippen LogP contribution < -0.4 is 4.74 Å². The Hall–Kier alpha value is -6.60. The van der Waals surface area contributed by atoms with Crippen LogP contribution in [0.2, 0.25) is 0 Å². The number of ether oxygens (including phenoxy) is 1. The maximum absolute atomic E-state index is 6.52. The summed E-state index contributed by atoms with van der Waals surface area (Å²) in [5.74, 6) is 1.45. The lowest BCUT2D eigenvalue weighted by atomic mass is 10.1. The summed E-state index contributed by atoms with van der Waals surface area (Å²) >= 11 is 0. The van der Waals surface area contributed by atoms with E-state index in [0.717, 1.165) is 88.9 Å². The van der Waals surface area contributed by atoms with Crippen molar-refractivity contribution in [3.8, 4) is 34.0 Å². The molecule has 0 saturated carbocycles. The van der Waals surface area contributed by atoms with Crippen molar-refractivity contribution < 1.29 is 4.74 Å². The lowest BCUT2D eigenvalue weighted by molar-refractivity contribution is 0.484. The quantitative estimate of drug-likeness (QED) is 0.187. The Morgan fingerprint density at radius 1 is 0.404 bits per heavy atom. The van der Waals surface area contributed by atoms with Crippen LogP contribution >= 0.6 is 0 Å². The van der Waals surface area contributed by atoms with Crippen LogP contribution in [0.1, 0.15) is 0 Å². The number of nitrogens with zero attached hydrogens (tertiary/aromatic N) is 6. The highest BCUT2D eigenvalue weighted by Gasteiger charge is 2.15. The van der Waals surface area contributed by atoms with Gasteiger partial charge in [0.05, 0.1) is 11.4 Å². The molecule has 0 radical (unpaired) electrons. The molecule has 0 unspecified atom stereocenters. The number of hydrogen-bond acceptors (Lipinski definition) is 5. The molecule has 0 amide bonds. The van der Waals surface area contributed by atoms with Gasteiger partial charge in [0.1, 0.15) is 34.1 Å². The van der Waals surface area contributed by atoms with Crippen LogP contribution in [-0.4, -0.2) is 28.7 Å². The van der Waals surface area contributed by atoms with Crippen LogP contribution in [-0.2, 0) is 0 Å². The molecule has 7 heteroatoms. The number of benzene rings is 4. The molecule has 0 N–H and O–H groups in total. The van der Waals surface area contributed by atoms with E-state index in [1.54, 1.807) is 0 Å². The number of pyridine rings is 4. The number of fused-ring (bicyclic) bond motifs is 12. The highest BCUT2D eigenvalue weighted by Crippen LogP contribution is 2.36. The fourth-order valence-electron chi connectivity index (χ4n) is 6.72. The van der Waals surface area contributed by atoms with Crippen LogP contribution in [0.4, 0.5) is 0 Å². The maximum atomic E-state index is 6.52. The van der Waals surface area contributed by atoms with Gasteiger partial charge in [0.15, 0.2) is 0 Å². The first-order valence-corrected chi connectivity index (χ1v) is 15.5. The molecule has 0 atom stereocenters. The Labute approximate surface area is 268 Å². The van der Waals surface area contributed by atoms with Gasteiger partial charge in [0, 0.05) is 57.5 Å². The molecule has 0 aliphatic rings. The topological polar surface area (TPSA) is 69.6 Å². The molecule has 6 aromatic heterocycles. The molecule has 0 aliphatic carbocycles. The largest absolute Gasteiger partial charge is 0.457 e. The average Bonchev–Trinajstić information content (AvgIpc) is 3.84. The third kappa shape index (κ3) is 4.00. The first-order chi connectivity index (χ1) is 23.3. The van der Waals surface area contributed by atoms with Gasteiger partial charge in [-0.25, -0.2) is 19.9 Å². The van der Waals surface area contributed by atoms with E-state index >= 15 is 0 Å². The summed E-state index contributed by atoms with van der Waals surface area (Å²) in [7, 11) is 0. The van der Waals surface area contributed by atoms with Gasteiger partial charge in [-0.05, 0) is 71.4 Å². The van der Waals surface area contributed by atoms with Gasteiger partial charge in [-0.2, -0.15) is 0 Å². The maximum Gasteiger partial charge on any atom is 0.146 e. The second-order valence-corrected chi connectivity index (χ2v) is 11.6. The summed E-state index contributed by atoms with van der Waals surface area (Å²) in [6.07, 6.45) is 7.57. The van der Waals surface area contributed by atoms with Crippen molar-refractivity contribution in [2.75, 3.05) is 0 Å². The van der Waals surface area contributed by atoms with Crippen LogP contribution in [0.15, 0.2) is 146 Å². The molecular weight excluding hydrogens is 580 g/mol. The molecular formula is C40H24N6O. The van der Waals surface area contributed by atoms with Gasteiger partial charge in [-0.1, -0.05) is 60.7 Å². The summed E-state index contributed by atoms with van der Waals surface area (Å²) in [4.78, 5) is 19.6. The molecule has 10 rings (SSSR count). The predicted octanol–water partition coefficient (Wildman–Crippen LogP) is 9.51. The van der Waals surface area contributed by atoms with Crippen molar-refractivity contribution in [3.05, 3.63) is 146 Å². The van der Waals surface area contributed by atoms with E-state index in [2.05, 4.69) is 81.6 Å². The second-order valence-electron chi connectivity index (χ2n) is 11.6. The average molecular weight is 605 g/mol. The summed E-state index contributed by atoms with van der Waals surface area (Å²) < 4.78 is 10.6. The van der Waals surface area contributed by atoms with Crippen LogP contribution in [0, 0.1) is 0 Å². The Morgan fingerprint density at radius 3 is 1.32 bits per heavy atom. The molecule has 7 nitrogen and oxygen atoms in total. The predicted molar refractivity (Wildman–Crippen MR) is 187 cm³/mol. The van der Waals surface area contributed by atoms with Gasteiger partial charge in [0.25, 0.3) is 0 Å². The standard InChI is InChI=1S/C40H24N6O/c1-3-7-25(8-4-1)35-17-15-31-29-13-11-27(23-33(29)37-41-19-21-45(37)39(31)43-35)47-28-12-14-30-32-16-18-36(26-9-5-2-6-10-26)44-40(32)46-22-20-42-38(46)34(30)24-28/h1-24H. The van der Waals surface area contributed by atoms with E-state index in [1.165, 1.54) is 0 Å². The van der Waals surface area contributed by atoms with Crippen molar-refractivity contribution in [1.82, 2.24) is 28.7 Å². The van der Waals surface area contributed by atoms with E-state index in [4.69, 9.17) is 24.7 Å². The minimum atomic E-state index is 0.726. The Morgan fingerprint density at radius 2 is 0.851 bits per heavy atom. The van der Waals surface area contributed by atoms with Crippen LogP contribution in [0.25, 0.3) is 77.4 Å². The molecule has 47 heavy (non-hydrogen) atoms. The summed E-state index contributed by atoms with van der Waals surface area (Å²) in [6, 6.07) is 41.3. The molecule has 6 heterocycles. The van der Waals surface area contributed by atoms with E-state index in [1.807, 2.05) is 73.3 Å². The van der Waals surface area contributed by atoms with Gasteiger partial charge in [0.2, 0.25) is 0 Å². The first kappa shape index (κ1) is 25.7. The molecule has 0 bridgehead atoms. The number of imidazole rings is 2. The molecule has 0 fully saturated rings. The van der Waals surface area contributed by atoms with Crippen molar-refractivity contribution >= 4 is 54.9 Å². The number of hydrogen-bond donors (Lipinski definition) is 0.